The lowest BCUT2D eigenvalue weighted by atomic mass is 10.2. The predicted octanol–water partition coefficient (Wildman–Crippen LogP) is 2.17. The number of anilines is 2. The second-order valence-electron chi connectivity index (χ2n) is 5.61. The van der Waals surface area contributed by atoms with Crippen molar-refractivity contribution in [3.63, 3.8) is 0 Å². The van der Waals surface area contributed by atoms with Crippen molar-refractivity contribution in [3.8, 4) is 0 Å². The number of nitrogens with two attached hydrogens (primary N) is 1. The molecule has 1 aromatic carbocycles. The van der Waals surface area contributed by atoms with Crippen LogP contribution in [0.5, 0.6) is 0 Å². The molecule has 2 rings (SSSR count). The van der Waals surface area contributed by atoms with E-state index in [2.05, 4.69) is 24.1 Å². The summed E-state index contributed by atoms with van der Waals surface area (Å²) in [5, 5.41) is 2.58. The molecule has 0 unspecified atom stereocenters. The Labute approximate surface area is 122 Å². The van der Waals surface area contributed by atoms with Gasteiger partial charge in [-0.1, -0.05) is 0 Å². The van der Waals surface area contributed by atoms with Crippen molar-refractivity contribution in [1.82, 2.24) is 4.90 Å². The Balaban J connectivity index is 1.94. The fourth-order valence-corrected chi connectivity index (χ4v) is 3.46. The number of thioether (sulfide) groups is 1. The van der Waals surface area contributed by atoms with Gasteiger partial charge in [-0.15, -0.1) is 0 Å². The maximum Gasteiger partial charge on any atom is 0.238 e. The molecule has 0 saturated carbocycles. The molecule has 1 aliphatic heterocycles. The van der Waals surface area contributed by atoms with E-state index in [9.17, 15) is 9.18 Å². The highest BCUT2D eigenvalue weighted by molar-refractivity contribution is 8.00. The zero-order valence-electron chi connectivity index (χ0n) is 11.8. The molecular weight excluding hydrogens is 277 g/mol. The summed E-state index contributed by atoms with van der Waals surface area (Å²) in [6.45, 7) is 6.34. The molecule has 1 aliphatic rings. The SMILES string of the molecule is CC1(C)CN(CC(=O)Nc2cc(N)ccc2F)CCS1. The van der Waals surface area contributed by atoms with Gasteiger partial charge in [0.05, 0.1) is 12.2 Å². The van der Waals surface area contributed by atoms with Crippen molar-refractivity contribution < 1.29 is 9.18 Å². The van der Waals surface area contributed by atoms with Gasteiger partial charge in [0.2, 0.25) is 5.91 Å². The Kier molecular flexibility index (Phi) is 4.55. The number of halogens is 1. The molecule has 1 aromatic rings. The third-order valence-electron chi connectivity index (χ3n) is 3.14. The van der Waals surface area contributed by atoms with Gasteiger partial charge in [0.1, 0.15) is 5.82 Å². The largest absolute Gasteiger partial charge is 0.399 e. The maximum atomic E-state index is 13.5. The first-order chi connectivity index (χ1) is 9.35. The first kappa shape index (κ1) is 15.1. The quantitative estimate of drug-likeness (QED) is 0.840. The maximum absolute atomic E-state index is 13.5. The van der Waals surface area contributed by atoms with Crippen molar-refractivity contribution in [2.24, 2.45) is 0 Å². The number of nitrogen functional groups attached to an aromatic ring is 1. The molecule has 0 atom stereocenters. The average Bonchev–Trinajstić information content (AvgIpc) is 2.32. The van der Waals surface area contributed by atoms with E-state index in [0.717, 1.165) is 18.8 Å². The van der Waals surface area contributed by atoms with Gasteiger partial charge in [-0.3, -0.25) is 9.69 Å². The van der Waals surface area contributed by atoms with E-state index < -0.39 is 5.82 Å². The van der Waals surface area contributed by atoms with Crippen LogP contribution in [0, 0.1) is 5.82 Å². The van der Waals surface area contributed by atoms with Gasteiger partial charge in [0.25, 0.3) is 0 Å². The zero-order chi connectivity index (χ0) is 14.8. The number of nitrogens with one attached hydrogen (secondary N) is 1. The number of hydrogen-bond acceptors (Lipinski definition) is 4. The molecule has 0 radical (unpaired) electrons. The molecule has 1 saturated heterocycles. The van der Waals surface area contributed by atoms with E-state index in [4.69, 9.17) is 5.73 Å². The summed E-state index contributed by atoms with van der Waals surface area (Å²) in [4.78, 5) is 14.1. The predicted molar refractivity (Wildman–Crippen MR) is 82.4 cm³/mol. The molecule has 1 fully saturated rings. The van der Waals surface area contributed by atoms with Crippen LogP contribution in [-0.4, -0.2) is 40.9 Å². The molecule has 0 spiro atoms. The molecule has 4 nitrogen and oxygen atoms in total. The number of rotatable bonds is 3. The Morgan fingerprint density at radius 1 is 1.55 bits per heavy atom. The zero-order valence-corrected chi connectivity index (χ0v) is 12.6. The molecule has 6 heteroatoms. The van der Waals surface area contributed by atoms with E-state index in [1.54, 1.807) is 0 Å². The molecule has 0 bridgehead atoms. The number of amides is 1. The molecule has 20 heavy (non-hydrogen) atoms. The standard InChI is InChI=1S/C14H20FN3OS/c1-14(2)9-18(5-6-20-14)8-13(19)17-12-7-10(16)3-4-11(12)15/h3-4,7H,5-6,8-9,16H2,1-2H3,(H,17,19). The Hall–Kier alpha value is -1.27. The third kappa shape index (κ3) is 4.11. The first-order valence-electron chi connectivity index (χ1n) is 6.57. The molecular formula is C14H20FN3OS. The van der Waals surface area contributed by atoms with Crippen molar-refractivity contribution in [2.45, 2.75) is 18.6 Å². The number of nitrogens with zero attached hydrogens (tertiary/aromatic N) is 1. The minimum atomic E-state index is -0.470. The van der Waals surface area contributed by atoms with Gasteiger partial charge in [-0.2, -0.15) is 11.8 Å². The topological polar surface area (TPSA) is 58.4 Å². The summed E-state index contributed by atoms with van der Waals surface area (Å²) >= 11 is 1.91. The molecule has 0 aromatic heterocycles. The fourth-order valence-electron chi connectivity index (χ4n) is 2.28. The van der Waals surface area contributed by atoms with E-state index >= 15 is 0 Å². The molecule has 0 aliphatic carbocycles. The van der Waals surface area contributed by atoms with Gasteiger partial charge in [0.15, 0.2) is 0 Å². The van der Waals surface area contributed by atoms with Crippen molar-refractivity contribution >= 4 is 29.0 Å². The van der Waals surface area contributed by atoms with Gasteiger partial charge in [0, 0.05) is 29.3 Å². The van der Waals surface area contributed by atoms with E-state index in [0.29, 0.717) is 5.69 Å². The van der Waals surface area contributed by atoms with Crippen LogP contribution in [0.3, 0.4) is 0 Å². The highest BCUT2D eigenvalue weighted by atomic mass is 32.2. The molecule has 3 N–H and O–H groups in total. The van der Waals surface area contributed by atoms with Gasteiger partial charge in [-0.25, -0.2) is 4.39 Å². The number of hydrogen-bond donors (Lipinski definition) is 2. The number of carbonyl (C=O) groups is 1. The number of carbonyl (C=O) groups excluding carboxylic acids is 1. The Morgan fingerprint density at radius 2 is 2.30 bits per heavy atom. The molecule has 110 valence electrons. The first-order valence-corrected chi connectivity index (χ1v) is 7.55. The van der Waals surface area contributed by atoms with E-state index in [1.807, 2.05) is 11.8 Å². The van der Waals surface area contributed by atoms with Crippen molar-refractivity contribution in [3.05, 3.63) is 24.0 Å². The van der Waals surface area contributed by atoms with Crippen LogP contribution in [0.1, 0.15) is 13.8 Å². The molecule has 1 heterocycles. The van der Waals surface area contributed by atoms with E-state index in [-0.39, 0.29) is 22.9 Å². The second-order valence-corrected chi connectivity index (χ2v) is 7.41. The Bertz CT molecular complexity index is 507. The van der Waals surface area contributed by atoms with Crippen LogP contribution in [0.2, 0.25) is 0 Å². The monoisotopic (exact) mass is 297 g/mol. The lowest BCUT2D eigenvalue weighted by Crippen LogP contribution is -2.46. The highest BCUT2D eigenvalue weighted by Crippen LogP contribution is 2.29. The average molecular weight is 297 g/mol. The van der Waals surface area contributed by atoms with Crippen LogP contribution < -0.4 is 11.1 Å². The second kappa shape index (κ2) is 6.01. The van der Waals surface area contributed by atoms with Crippen LogP contribution in [0.15, 0.2) is 18.2 Å². The van der Waals surface area contributed by atoms with Crippen molar-refractivity contribution in [1.29, 1.82) is 0 Å². The van der Waals surface area contributed by atoms with Gasteiger partial charge >= 0.3 is 0 Å². The van der Waals surface area contributed by atoms with Crippen LogP contribution in [-0.2, 0) is 4.79 Å². The summed E-state index contributed by atoms with van der Waals surface area (Å²) in [5.41, 5.74) is 6.16. The van der Waals surface area contributed by atoms with Crippen LogP contribution >= 0.6 is 11.8 Å². The van der Waals surface area contributed by atoms with Gasteiger partial charge in [-0.05, 0) is 32.0 Å². The fraction of sp³-hybridized carbons (Fsp3) is 0.500. The summed E-state index contributed by atoms with van der Waals surface area (Å²) in [7, 11) is 0. The summed E-state index contributed by atoms with van der Waals surface area (Å²) < 4.78 is 13.7. The summed E-state index contributed by atoms with van der Waals surface area (Å²) in [6.07, 6.45) is 0. The van der Waals surface area contributed by atoms with Crippen LogP contribution in [0.4, 0.5) is 15.8 Å². The summed E-state index contributed by atoms with van der Waals surface area (Å²) in [5.74, 6) is 0.326. The Morgan fingerprint density at radius 3 is 3.00 bits per heavy atom. The van der Waals surface area contributed by atoms with Crippen molar-refractivity contribution in [2.75, 3.05) is 36.4 Å². The smallest absolute Gasteiger partial charge is 0.238 e. The van der Waals surface area contributed by atoms with Crippen LogP contribution in [0.25, 0.3) is 0 Å². The minimum absolute atomic E-state index is 0.139. The molecule has 1 amide bonds. The summed E-state index contributed by atoms with van der Waals surface area (Å²) in [6, 6.07) is 4.16. The third-order valence-corrected chi connectivity index (χ3v) is 4.43. The van der Waals surface area contributed by atoms with Gasteiger partial charge < -0.3 is 11.1 Å². The lowest BCUT2D eigenvalue weighted by molar-refractivity contribution is -0.117. The van der Waals surface area contributed by atoms with E-state index in [1.165, 1.54) is 18.2 Å². The lowest BCUT2D eigenvalue weighted by Gasteiger charge is -2.37. The number of benzene rings is 1. The minimum Gasteiger partial charge on any atom is -0.399 e. The normalized spacial score (nSPS) is 18.8. The highest BCUT2D eigenvalue weighted by Gasteiger charge is 2.27.